The Kier molecular flexibility index (Phi) is 14.9. The summed E-state index contributed by atoms with van der Waals surface area (Å²) in [5.74, 6) is 0. The molecule has 2 aliphatic heterocycles. The molecule has 1 aromatic heterocycles. The van der Waals surface area contributed by atoms with Crippen LogP contribution in [0.15, 0.2) is 21.9 Å². The fourth-order valence-electron chi connectivity index (χ4n) is 3.48. The number of hydrogen-bond donors (Lipinski definition) is 16. The summed E-state index contributed by atoms with van der Waals surface area (Å²) in [4.78, 5) is 90.3. The number of rotatable bonds is 4. The molecule has 0 bridgehead atoms. The minimum Gasteiger partial charge on any atom is -0.394 e. The Morgan fingerprint density at radius 2 is 1.17 bits per heavy atom. The Morgan fingerprint density at radius 3 is 1.49 bits per heavy atom. The van der Waals surface area contributed by atoms with Crippen molar-refractivity contribution in [3.8, 4) is 0 Å². The maximum absolute atomic E-state index is 12.3. The van der Waals surface area contributed by atoms with Gasteiger partial charge in [0.25, 0.3) is 5.56 Å². The summed E-state index contributed by atoms with van der Waals surface area (Å²) in [7, 11) is -13.9. The second-order valence-electron chi connectivity index (χ2n) is 7.81. The molecule has 0 aromatic carbocycles. The van der Waals surface area contributed by atoms with Gasteiger partial charge in [-0.2, -0.15) is 0 Å². The van der Waals surface area contributed by atoms with Crippen molar-refractivity contribution >= 4 is 23.5 Å². The molecule has 242 valence electrons. The maximum atomic E-state index is 12.3. The highest BCUT2D eigenvalue weighted by Crippen LogP contribution is 2.43. The van der Waals surface area contributed by atoms with Crippen molar-refractivity contribution in [1.82, 2.24) is 9.55 Å². The number of H-pyrrole nitrogens is 1. The van der Waals surface area contributed by atoms with Crippen molar-refractivity contribution in [3.05, 3.63) is 33.1 Å². The van der Waals surface area contributed by atoms with Gasteiger partial charge in [0.15, 0.2) is 0 Å². The van der Waals surface area contributed by atoms with Gasteiger partial charge in [0, 0.05) is 12.3 Å². The molecule has 0 aliphatic carbocycles. The summed E-state index contributed by atoms with van der Waals surface area (Å²) in [6.45, 7) is -1.40. The zero-order chi connectivity index (χ0) is 32.7. The molecule has 2 fully saturated rings. The molecule has 2 aliphatic rings. The number of aliphatic hydroxyl groups is 6. The lowest BCUT2D eigenvalue weighted by molar-refractivity contribution is -0.234. The highest BCUT2D eigenvalue weighted by Gasteiger charge is 2.65. The number of hydrogen-bond acceptors (Lipinski definition) is 13. The Morgan fingerprint density at radius 1 is 0.756 bits per heavy atom. The first-order valence-corrected chi connectivity index (χ1v) is 14.9. The number of nitrogens with one attached hydrogen (secondary N) is 1. The van der Waals surface area contributed by atoms with Crippen LogP contribution in [0, 0.1) is 0 Å². The normalized spacial score (nSPS) is 31.6. The van der Waals surface area contributed by atoms with Gasteiger partial charge in [0.05, 0.1) is 13.2 Å². The molecule has 27 heteroatoms. The van der Waals surface area contributed by atoms with E-state index < -0.39 is 96.4 Å². The molecule has 2 saturated heterocycles. The molecule has 0 spiro atoms. The average molecular weight is 670 g/mol. The molecule has 0 radical (unpaired) electrons. The van der Waals surface area contributed by atoms with E-state index >= 15 is 0 Å². The van der Waals surface area contributed by atoms with Gasteiger partial charge in [-0.3, -0.25) is 14.3 Å². The minimum atomic E-state index is -4.64. The third-order valence-corrected chi connectivity index (χ3v) is 4.80. The first-order chi connectivity index (χ1) is 18.3. The van der Waals surface area contributed by atoms with Crippen molar-refractivity contribution in [1.29, 1.82) is 0 Å². The molecule has 0 amide bonds. The summed E-state index contributed by atoms with van der Waals surface area (Å²) in [5, 5.41) is 59.8. The average Bonchev–Trinajstić information content (AvgIpc) is 3.18. The van der Waals surface area contributed by atoms with Gasteiger partial charge >= 0.3 is 29.2 Å². The van der Waals surface area contributed by atoms with E-state index in [0.717, 1.165) is 12.3 Å². The third-order valence-electron chi connectivity index (χ3n) is 4.80. The Balaban J connectivity index is 0.000000880. The van der Waals surface area contributed by atoms with Gasteiger partial charge in [0.1, 0.15) is 42.7 Å². The number of phosphoric acid groups is 3. The second kappa shape index (κ2) is 15.4. The number of nitrogens with zero attached hydrogens (tertiary/aromatic N) is 1. The molecular formula is C14H29N2O22P3. The van der Waals surface area contributed by atoms with Gasteiger partial charge < -0.3 is 84.2 Å². The van der Waals surface area contributed by atoms with Crippen LogP contribution in [0.4, 0.5) is 0 Å². The molecule has 24 nitrogen and oxygen atoms in total. The van der Waals surface area contributed by atoms with Crippen LogP contribution in [-0.2, 0) is 28.9 Å². The number of ether oxygens (including phenoxy) is 2. The number of aliphatic hydroxyl groups excluding tert-OH is 6. The Hall–Kier alpha value is -1.31. The fraction of sp³-hybridized carbons (Fsp3) is 0.714. The molecule has 8 atom stereocenters. The zero-order valence-electron chi connectivity index (χ0n) is 20.0. The molecule has 1 aromatic rings. The molecule has 3 heterocycles. The minimum absolute atomic E-state index is 0.673. The molecular weight excluding hydrogens is 641 g/mol. The van der Waals surface area contributed by atoms with Gasteiger partial charge in [-0.25, -0.2) is 18.5 Å². The number of aromatic amines is 1. The molecule has 0 saturated carbocycles. The summed E-state index contributed by atoms with van der Waals surface area (Å²) in [5.41, 5.74) is -4.06. The third kappa shape index (κ3) is 13.3. The lowest BCUT2D eigenvalue weighted by Crippen LogP contribution is -2.61. The summed E-state index contributed by atoms with van der Waals surface area (Å²) >= 11 is 0. The standard InChI is InChI=1S/C14H20N2O10.3H3O4P/c17-3-5-8(20)10(22)12(25-5)14(11(23)9(21)6(4-18)26-14)16-2-1-7(19)15-13(16)24;3*1-5(2,3)4/h1-2,5-6,8-12,17-18,20-23H,3-4H2,(H,15,19,24);3*(H3,1,2,3,4)/t5-,6-,8-,9-,10+,11-,12?,14+;;;/m1.../s1. The predicted molar refractivity (Wildman–Crippen MR) is 124 cm³/mol. The monoisotopic (exact) mass is 670 g/mol. The van der Waals surface area contributed by atoms with Crippen LogP contribution in [0.25, 0.3) is 0 Å². The SMILES string of the molecule is O=P(O)(O)O.O=P(O)(O)O.O=P(O)(O)O.O=c1ccn([C@]2(C3O[C@H](CO)[C@@H](O)[C@@H]3O)O[C@H](CO)[C@@H](O)[C@H]2O)c(=O)[nH]1. The van der Waals surface area contributed by atoms with Crippen LogP contribution < -0.4 is 11.2 Å². The van der Waals surface area contributed by atoms with E-state index in [1.165, 1.54) is 0 Å². The van der Waals surface area contributed by atoms with Gasteiger partial charge in [-0.05, 0) is 0 Å². The summed E-state index contributed by atoms with van der Waals surface area (Å²) in [6.07, 6.45) is -10.1. The molecule has 41 heavy (non-hydrogen) atoms. The van der Waals surface area contributed by atoms with Crippen molar-refractivity contribution in [3.63, 3.8) is 0 Å². The maximum Gasteiger partial charge on any atom is 0.466 e. The van der Waals surface area contributed by atoms with E-state index in [4.69, 9.17) is 67.2 Å². The van der Waals surface area contributed by atoms with Crippen LogP contribution in [0.5, 0.6) is 0 Å². The van der Waals surface area contributed by atoms with Crippen LogP contribution in [0.3, 0.4) is 0 Å². The highest BCUT2D eigenvalue weighted by atomic mass is 31.2. The largest absolute Gasteiger partial charge is 0.466 e. The lowest BCUT2D eigenvalue weighted by Gasteiger charge is -2.39. The van der Waals surface area contributed by atoms with Gasteiger partial charge in [-0.1, -0.05) is 0 Å². The quantitative estimate of drug-likeness (QED) is 0.132. The second-order valence-corrected chi connectivity index (χ2v) is 10.9. The molecule has 16 N–H and O–H groups in total. The topological polar surface area (TPSA) is 428 Å². The van der Waals surface area contributed by atoms with Crippen molar-refractivity contribution < 1.29 is 97.8 Å². The van der Waals surface area contributed by atoms with E-state index in [9.17, 15) is 40.2 Å². The van der Waals surface area contributed by atoms with E-state index in [0.29, 0.717) is 4.57 Å². The summed E-state index contributed by atoms with van der Waals surface area (Å²) < 4.78 is 38.3. The Bertz CT molecular complexity index is 1150. The smallest absolute Gasteiger partial charge is 0.394 e. The summed E-state index contributed by atoms with van der Waals surface area (Å²) in [6, 6.07) is 0.944. The lowest BCUT2D eigenvalue weighted by atomic mass is 9.92. The molecule has 1 unspecified atom stereocenters. The Labute approximate surface area is 226 Å². The predicted octanol–water partition coefficient (Wildman–Crippen LogP) is -8.00. The van der Waals surface area contributed by atoms with Crippen LogP contribution in [0.1, 0.15) is 0 Å². The zero-order valence-corrected chi connectivity index (χ0v) is 22.6. The van der Waals surface area contributed by atoms with E-state index in [2.05, 4.69) is 0 Å². The van der Waals surface area contributed by atoms with Crippen LogP contribution in [-0.4, -0.2) is 140 Å². The van der Waals surface area contributed by atoms with Gasteiger partial charge in [-0.15, -0.1) is 0 Å². The van der Waals surface area contributed by atoms with Crippen molar-refractivity contribution in [2.75, 3.05) is 13.2 Å². The first-order valence-electron chi connectivity index (χ1n) is 10.2. The van der Waals surface area contributed by atoms with Crippen molar-refractivity contribution in [2.24, 2.45) is 0 Å². The molecule has 3 rings (SSSR count). The van der Waals surface area contributed by atoms with E-state index in [-0.39, 0.29) is 0 Å². The van der Waals surface area contributed by atoms with E-state index in [1.54, 1.807) is 0 Å². The van der Waals surface area contributed by atoms with Crippen LogP contribution >= 0.6 is 23.5 Å². The first kappa shape index (κ1) is 39.7. The van der Waals surface area contributed by atoms with Crippen molar-refractivity contribution in [2.45, 2.75) is 48.5 Å². The highest BCUT2D eigenvalue weighted by molar-refractivity contribution is 7.45. The van der Waals surface area contributed by atoms with Gasteiger partial charge in [0.2, 0.25) is 5.72 Å². The fourth-order valence-corrected chi connectivity index (χ4v) is 3.48. The van der Waals surface area contributed by atoms with E-state index in [1.807, 2.05) is 4.98 Å². The van der Waals surface area contributed by atoms with Crippen LogP contribution in [0.2, 0.25) is 0 Å². The number of aromatic nitrogens is 2.